The monoisotopic (exact) mass is 248 g/mol. The molecule has 2 nitrogen and oxygen atoms in total. The maximum Gasteiger partial charge on any atom is 0.0370 e. The van der Waals surface area contributed by atoms with Gasteiger partial charge in [-0.15, -0.1) is 0 Å². The summed E-state index contributed by atoms with van der Waals surface area (Å²) in [5.41, 5.74) is 9.98. The lowest BCUT2D eigenvalue weighted by molar-refractivity contribution is 0.405. The Bertz CT molecular complexity index is 400. The fourth-order valence-corrected chi connectivity index (χ4v) is 1.74. The second-order valence-electron chi connectivity index (χ2n) is 7.00. The Hall–Kier alpha value is -1.02. The zero-order chi connectivity index (χ0) is 14.0. The highest BCUT2D eigenvalue weighted by Crippen LogP contribution is 2.27. The van der Waals surface area contributed by atoms with Crippen molar-refractivity contribution >= 4 is 5.69 Å². The summed E-state index contributed by atoms with van der Waals surface area (Å²) in [4.78, 5) is 0. The Balaban J connectivity index is 2.81. The maximum absolute atomic E-state index is 5.75. The topological polar surface area (TPSA) is 38.0 Å². The molecule has 0 aliphatic rings. The van der Waals surface area contributed by atoms with E-state index < -0.39 is 0 Å². The number of aryl methyl sites for hydroxylation is 1. The number of benzene rings is 1. The molecule has 0 aromatic heterocycles. The van der Waals surface area contributed by atoms with Crippen LogP contribution in [0.3, 0.4) is 0 Å². The molecule has 0 aliphatic heterocycles. The third-order valence-corrected chi connectivity index (χ3v) is 3.40. The highest BCUT2D eigenvalue weighted by molar-refractivity contribution is 5.53. The Morgan fingerprint density at radius 2 is 1.72 bits per heavy atom. The van der Waals surface area contributed by atoms with Crippen LogP contribution in [0.4, 0.5) is 5.69 Å². The molecule has 18 heavy (non-hydrogen) atoms. The molecule has 0 unspecified atom stereocenters. The molecule has 1 aromatic rings. The van der Waals surface area contributed by atoms with Crippen LogP contribution in [0.2, 0.25) is 0 Å². The summed E-state index contributed by atoms with van der Waals surface area (Å²) in [6, 6.07) is 6.67. The standard InChI is InChI=1S/C16H28N2/c1-12-9-13(15(2,3)4)7-8-14(12)18-11-16(5,6)10-17/h7-9,18H,10-11,17H2,1-6H3. The summed E-state index contributed by atoms with van der Waals surface area (Å²) >= 11 is 0. The number of hydrogen-bond acceptors (Lipinski definition) is 2. The summed E-state index contributed by atoms with van der Waals surface area (Å²) in [5, 5.41) is 3.50. The van der Waals surface area contributed by atoms with Gasteiger partial charge < -0.3 is 11.1 Å². The first-order valence-corrected chi connectivity index (χ1v) is 6.71. The first kappa shape index (κ1) is 15.0. The van der Waals surface area contributed by atoms with Gasteiger partial charge in [0.15, 0.2) is 0 Å². The summed E-state index contributed by atoms with van der Waals surface area (Å²) in [7, 11) is 0. The van der Waals surface area contributed by atoms with E-state index in [2.05, 4.69) is 65.1 Å². The number of nitrogens with one attached hydrogen (secondary N) is 1. The van der Waals surface area contributed by atoms with Crippen molar-refractivity contribution in [1.82, 2.24) is 0 Å². The van der Waals surface area contributed by atoms with Crippen LogP contribution in [-0.4, -0.2) is 13.1 Å². The van der Waals surface area contributed by atoms with Crippen molar-refractivity contribution in [2.75, 3.05) is 18.4 Å². The molecule has 0 saturated heterocycles. The number of hydrogen-bond donors (Lipinski definition) is 2. The Morgan fingerprint density at radius 3 is 2.17 bits per heavy atom. The van der Waals surface area contributed by atoms with Crippen molar-refractivity contribution in [3.8, 4) is 0 Å². The van der Waals surface area contributed by atoms with E-state index in [0.717, 1.165) is 6.54 Å². The van der Waals surface area contributed by atoms with Gasteiger partial charge in [0.25, 0.3) is 0 Å². The average molecular weight is 248 g/mol. The van der Waals surface area contributed by atoms with E-state index in [-0.39, 0.29) is 10.8 Å². The Morgan fingerprint density at radius 1 is 1.11 bits per heavy atom. The quantitative estimate of drug-likeness (QED) is 0.853. The first-order chi connectivity index (χ1) is 8.15. The number of nitrogens with two attached hydrogens (primary N) is 1. The van der Waals surface area contributed by atoms with Crippen molar-refractivity contribution in [3.63, 3.8) is 0 Å². The van der Waals surface area contributed by atoms with Gasteiger partial charge in [0.1, 0.15) is 0 Å². The third kappa shape index (κ3) is 4.02. The van der Waals surface area contributed by atoms with Gasteiger partial charge in [-0.25, -0.2) is 0 Å². The summed E-state index contributed by atoms with van der Waals surface area (Å²) in [6.07, 6.45) is 0. The molecule has 0 amide bonds. The summed E-state index contributed by atoms with van der Waals surface area (Å²) < 4.78 is 0. The second-order valence-corrected chi connectivity index (χ2v) is 7.00. The van der Waals surface area contributed by atoms with E-state index >= 15 is 0 Å². The number of rotatable bonds is 4. The molecule has 0 heterocycles. The van der Waals surface area contributed by atoms with Crippen LogP contribution in [0.5, 0.6) is 0 Å². The average Bonchev–Trinajstić information content (AvgIpc) is 2.26. The van der Waals surface area contributed by atoms with Crippen LogP contribution in [0.1, 0.15) is 45.7 Å². The van der Waals surface area contributed by atoms with E-state index in [0.29, 0.717) is 6.54 Å². The van der Waals surface area contributed by atoms with Crippen molar-refractivity contribution in [2.45, 2.75) is 47.0 Å². The normalized spacial score (nSPS) is 12.6. The smallest absolute Gasteiger partial charge is 0.0370 e. The summed E-state index contributed by atoms with van der Waals surface area (Å²) in [5.74, 6) is 0. The fourth-order valence-electron chi connectivity index (χ4n) is 1.74. The first-order valence-electron chi connectivity index (χ1n) is 6.71. The minimum atomic E-state index is 0.134. The van der Waals surface area contributed by atoms with Gasteiger partial charge in [-0.3, -0.25) is 0 Å². The van der Waals surface area contributed by atoms with Crippen LogP contribution in [0, 0.1) is 12.3 Å². The summed E-state index contributed by atoms with van der Waals surface area (Å²) in [6.45, 7) is 14.8. The van der Waals surface area contributed by atoms with Gasteiger partial charge in [0, 0.05) is 12.2 Å². The number of anilines is 1. The van der Waals surface area contributed by atoms with Crippen molar-refractivity contribution in [3.05, 3.63) is 29.3 Å². The van der Waals surface area contributed by atoms with Gasteiger partial charge in [0.05, 0.1) is 0 Å². The van der Waals surface area contributed by atoms with E-state index in [1.54, 1.807) is 0 Å². The molecule has 1 rings (SSSR count). The lowest BCUT2D eigenvalue weighted by Crippen LogP contribution is -2.31. The SMILES string of the molecule is Cc1cc(C(C)(C)C)ccc1NCC(C)(C)CN. The van der Waals surface area contributed by atoms with E-state index in [9.17, 15) is 0 Å². The van der Waals surface area contributed by atoms with Crippen LogP contribution in [-0.2, 0) is 5.41 Å². The minimum Gasteiger partial charge on any atom is -0.384 e. The van der Waals surface area contributed by atoms with E-state index in [4.69, 9.17) is 5.73 Å². The third-order valence-electron chi connectivity index (χ3n) is 3.40. The lowest BCUT2D eigenvalue weighted by Gasteiger charge is -2.25. The van der Waals surface area contributed by atoms with E-state index in [1.165, 1.54) is 16.8 Å². The molecule has 102 valence electrons. The molecule has 0 bridgehead atoms. The van der Waals surface area contributed by atoms with Crippen molar-refractivity contribution < 1.29 is 0 Å². The molecule has 0 radical (unpaired) electrons. The molecule has 0 fully saturated rings. The van der Waals surface area contributed by atoms with Gasteiger partial charge in [0.2, 0.25) is 0 Å². The van der Waals surface area contributed by atoms with Gasteiger partial charge in [-0.05, 0) is 41.5 Å². The molecule has 3 N–H and O–H groups in total. The Kier molecular flexibility index (Phi) is 4.44. The van der Waals surface area contributed by atoms with Gasteiger partial charge in [-0.1, -0.05) is 46.8 Å². The zero-order valence-electron chi connectivity index (χ0n) is 12.7. The maximum atomic E-state index is 5.75. The van der Waals surface area contributed by atoms with Gasteiger partial charge in [-0.2, -0.15) is 0 Å². The highest BCUT2D eigenvalue weighted by Gasteiger charge is 2.17. The largest absolute Gasteiger partial charge is 0.384 e. The lowest BCUT2D eigenvalue weighted by atomic mass is 9.86. The predicted octanol–water partition coefficient (Wildman–Crippen LogP) is 3.69. The fraction of sp³-hybridized carbons (Fsp3) is 0.625. The van der Waals surface area contributed by atoms with Crippen molar-refractivity contribution in [2.24, 2.45) is 11.1 Å². The predicted molar refractivity (Wildman–Crippen MR) is 81.2 cm³/mol. The molecule has 0 aliphatic carbocycles. The van der Waals surface area contributed by atoms with Gasteiger partial charge >= 0.3 is 0 Å². The Labute approximate surface area is 112 Å². The molecular weight excluding hydrogens is 220 g/mol. The molecule has 0 saturated carbocycles. The zero-order valence-corrected chi connectivity index (χ0v) is 12.7. The van der Waals surface area contributed by atoms with Crippen LogP contribution in [0.15, 0.2) is 18.2 Å². The van der Waals surface area contributed by atoms with Crippen molar-refractivity contribution in [1.29, 1.82) is 0 Å². The van der Waals surface area contributed by atoms with Crippen LogP contribution < -0.4 is 11.1 Å². The molecule has 0 spiro atoms. The molecular formula is C16H28N2. The molecule has 0 atom stereocenters. The van der Waals surface area contributed by atoms with Crippen LogP contribution >= 0.6 is 0 Å². The van der Waals surface area contributed by atoms with Crippen LogP contribution in [0.25, 0.3) is 0 Å². The van der Waals surface area contributed by atoms with E-state index in [1.807, 2.05) is 0 Å². The second kappa shape index (κ2) is 5.31. The minimum absolute atomic E-state index is 0.134. The molecule has 2 heteroatoms. The highest BCUT2D eigenvalue weighted by atomic mass is 14.9. The molecule has 1 aromatic carbocycles.